The summed E-state index contributed by atoms with van der Waals surface area (Å²) in [5.74, 6) is 0.103. The Balaban J connectivity index is 4.14. The Labute approximate surface area is 73.4 Å². The van der Waals surface area contributed by atoms with Crippen LogP contribution in [0.3, 0.4) is 0 Å². The van der Waals surface area contributed by atoms with Crippen molar-refractivity contribution in [2.24, 2.45) is 0 Å². The Morgan fingerprint density at radius 2 is 1.91 bits per heavy atom. The van der Waals surface area contributed by atoms with Crippen molar-refractivity contribution in [1.29, 1.82) is 0 Å². The minimum Gasteiger partial charge on any atom is -0.295 e. The quantitative estimate of drug-likeness (QED) is 0.598. The third kappa shape index (κ3) is 4.20. The molecule has 0 N–H and O–H groups in total. The van der Waals surface area contributed by atoms with E-state index in [9.17, 15) is 4.79 Å². The highest BCUT2D eigenvalue weighted by molar-refractivity contribution is 6.31. The monoisotopic (exact) mass is 174 g/mol. The number of carbonyl (C=O) groups is 1. The highest BCUT2D eigenvalue weighted by Gasteiger charge is 2.05. The molecule has 0 unspecified atom stereocenters. The molecule has 64 valence electrons. The van der Waals surface area contributed by atoms with Crippen molar-refractivity contribution in [2.75, 3.05) is 0 Å². The van der Waals surface area contributed by atoms with Crippen LogP contribution in [0.1, 0.15) is 40.0 Å². The van der Waals surface area contributed by atoms with E-state index < -0.39 is 0 Å². The van der Waals surface area contributed by atoms with Gasteiger partial charge >= 0.3 is 0 Å². The molecule has 0 atom stereocenters. The summed E-state index contributed by atoms with van der Waals surface area (Å²) in [7, 11) is 0. The molecule has 0 saturated carbocycles. The van der Waals surface area contributed by atoms with Crippen LogP contribution in [0.15, 0.2) is 10.6 Å². The van der Waals surface area contributed by atoms with E-state index in [0.29, 0.717) is 5.03 Å². The molecule has 0 rings (SSSR count). The lowest BCUT2D eigenvalue weighted by molar-refractivity contribution is -0.113. The van der Waals surface area contributed by atoms with E-state index >= 15 is 0 Å². The van der Waals surface area contributed by atoms with Gasteiger partial charge in [0, 0.05) is 10.6 Å². The first-order chi connectivity index (χ1) is 5.09. The number of hydrogen-bond acceptors (Lipinski definition) is 1. The van der Waals surface area contributed by atoms with Crippen molar-refractivity contribution < 1.29 is 4.79 Å². The van der Waals surface area contributed by atoms with Crippen molar-refractivity contribution in [3.05, 3.63) is 10.6 Å². The molecule has 1 nitrogen and oxygen atoms in total. The fraction of sp³-hybridized carbons (Fsp3) is 0.667. The maximum atomic E-state index is 10.9. The van der Waals surface area contributed by atoms with E-state index in [1.807, 2.05) is 0 Å². The standard InChI is InChI=1S/C9H15ClO/c1-4-5-6-9(7(2)10)8(3)11/h4-6H2,1-3H3/b9-7+. The van der Waals surface area contributed by atoms with Gasteiger partial charge in [0.2, 0.25) is 0 Å². The second-order valence-corrected chi connectivity index (χ2v) is 3.24. The Morgan fingerprint density at radius 1 is 1.36 bits per heavy atom. The molecule has 0 aromatic carbocycles. The van der Waals surface area contributed by atoms with Crippen LogP contribution in [0.5, 0.6) is 0 Å². The molecule has 0 spiro atoms. The van der Waals surface area contributed by atoms with Crippen molar-refractivity contribution in [3.63, 3.8) is 0 Å². The first kappa shape index (κ1) is 10.7. The molecule has 0 radical (unpaired) electrons. The lowest BCUT2D eigenvalue weighted by Gasteiger charge is -2.02. The molecule has 0 aliphatic heterocycles. The molecule has 0 saturated heterocycles. The molecule has 0 aliphatic carbocycles. The lowest BCUT2D eigenvalue weighted by atomic mass is 10.1. The van der Waals surface area contributed by atoms with Crippen LogP contribution >= 0.6 is 11.6 Å². The predicted molar refractivity (Wildman–Crippen MR) is 48.8 cm³/mol. The zero-order valence-corrected chi connectivity index (χ0v) is 8.16. The molecule has 0 amide bonds. The van der Waals surface area contributed by atoms with E-state index in [-0.39, 0.29) is 5.78 Å². The maximum Gasteiger partial charge on any atom is 0.156 e. The molecule has 0 aromatic rings. The molecule has 0 heterocycles. The molecule has 11 heavy (non-hydrogen) atoms. The lowest BCUT2D eigenvalue weighted by Crippen LogP contribution is -1.97. The van der Waals surface area contributed by atoms with Gasteiger partial charge in [-0.2, -0.15) is 0 Å². The molecule has 0 bridgehead atoms. The number of carbonyl (C=O) groups excluding carboxylic acids is 1. The number of allylic oxidation sites excluding steroid dienone is 2. The highest BCUT2D eigenvalue weighted by atomic mass is 35.5. The average Bonchev–Trinajstić information content (AvgIpc) is 1.87. The SMILES string of the molecule is CCCC/C(C(C)=O)=C(/C)Cl. The summed E-state index contributed by atoms with van der Waals surface area (Å²) in [5.41, 5.74) is 0.786. The number of halogens is 1. The third-order valence-electron chi connectivity index (χ3n) is 1.62. The van der Waals surface area contributed by atoms with Gasteiger partial charge in [-0.3, -0.25) is 4.79 Å². The largest absolute Gasteiger partial charge is 0.295 e. The van der Waals surface area contributed by atoms with E-state index in [2.05, 4.69) is 6.92 Å². The summed E-state index contributed by atoms with van der Waals surface area (Å²) in [4.78, 5) is 10.9. The van der Waals surface area contributed by atoms with Crippen LogP contribution in [0, 0.1) is 0 Å². The normalized spacial score (nSPS) is 12.7. The zero-order valence-electron chi connectivity index (χ0n) is 7.41. The van der Waals surface area contributed by atoms with Crippen LogP contribution in [-0.2, 0) is 4.79 Å². The maximum absolute atomic E-state index is 10.9. The molecule has 0 aliphatic rings. The van der Waals surface area contributed by atoms with Crippen LogP contribution in [0.4, 0.5) is 0 Å². The topological polar surface area (TPSA) is 17.1 Å². The molecule has 2 heteroatoms. The van der Waals surface area contributed by atoms with Crippen LogP contribution in [0.25, 0.3) is 0 Å². The first-order valence-corrected chi connectivity index (χ1v) is 4.33. The minimum atomic E-state index is 0.103. The van der Waals surface area contributed by atoms with Gasteiger partial charge in [0.1, 0.15) is 0 Å². The average molecular weight is 175 g/mol. The summed E-state index contributed by atoms with van der Waals surface area (Å²) in [6.07, 6.45) is 2.96. The van der Waals surface area contributed by atoms with Crippen LogP contribution < -0.4 is 0 Å². The van der Waals surface area contributed by atoms with Gasteiger partial charge in [0.15, 0.2) is 5.78 Å². The number of rotatable bonds is 4. The Hall–Kier alpha value is -0.300. The number of ketones is 1. The van der Waals surface area contributed by atoms with Gasteiger partial charge < -0.3 is 0 Å². The molecular formula is C9H15ClO. The number of hydrogen-bond donors (Lipinski definition) is 0. The minimum absolute atomic E-state index is 0.103. The predicted octanol–water partition coefficient (Wildman–Crippen LogP) is 3.28. The van der Waals surface area contributed by atoms with E-state index in [4.69, 9.17) is 11.6 Å². The summed E-state index contributed by atoms with van der Waals surface area (Å²) in [6.45, 7) is 5.44. The fourth-order valence-electron chi connectivity index (χ4n) is 0.944. The van der Waals surface area contributed by atoms with Gasteiger partial charge in [0.05, 0.1) is 0 Å². The molecule has 0 aromatic heterocycles. The summed E-state index contributed by atoms with van der Waals surface area (Å²) in [6, 6.07) is 0. The first-order valence-electron chi connectivity index (χ1n) is 3.95. The van der Waals surface area contributed by atoms with Crippen LogP contribution in [-0.4, -0.2) is 5.78 Å². The van der Waals surface area contributed by atoms with Crippen molar-refractivity contribution in [3.8, 4) is 0 Å². The van der Waals surface area contributed by atoms with Gasteiger partial charge in [-0.1, -0.05) is 24.9 Å². The van der Waals surface area contributed by atoms with Gasteiger partial charge in [-0.15, -0.1) is 0 Å². The fourth-order valence-corrected chi connectivity index (χ4v) is 1.17. The molecular weight excluding hydrogens is 160 g/mol. The van der Waals surface area contributed by atoms with Crippen LogP contribution in [0.2, 0.25) is 0 Å². The van der Waals surface area contributed by atoms with E-state index in [0.717, 1.165) is 24.8 Å². The van der Waals surface area contributed by atoms with Gasteiger partial charge in [-0.25, -0.2) is 0 Å². The smallest absolute Gasteiger partial charge is 0.156 e. The third-order valence-corrected chi connectivity index (χ3v) is 1.85. The van der Waals surface area contributed by atoms with E-state index in [1.54, 1.807) is 13.8 Å². The Kier molecular flexibility index (Phi) is 5.22. The second-order valence-electron chi connectivity index (χ2n) is 2.67. The number of unbranched alkanes of at least 4 members (excludes halogenated alkanes) is 1. The highest BCUT2D eigenvalue weighted by Crippen LogP contribution is 2.16. The Bertz CT molecular complexity index is 166. The van der Waals surface area contributed by atoms with Crippen molar-refractivity contribution >= 4 is 17.4 Å². The second kappa shape index (κ2) is 5.36. The number of Topliss-reactive ketones (excluding diaryl/α,β-unsaturated/α-hetero) is 1. The van der Waals surface area contributed by atoms with Gasteiger partial charge in [-0.05, 0) is 26.7 Å². The van der Waals surface area contributed by atoms with Crippen molar-refractivity contribution in [2.45, 2.75) is 40.0 Å². The summed E-state index contributed by atoms with van der Waals surface area (Å²) >= 11 is 5.73. The van der Waals surface area contributed by atoms with E-state index in [1.165, 1.54) is 0 Å². The van der Waals surface area contributed by atoms with Crippen molar-refractivity contribution in [1.82, 2.24) is 0 Å². The zero-order chi connectivity index (χ0) is 8.85. The molecule has 0 fully saturated rings. The Morgan fingerprint density at radius 3 is 2.18 bits per heavy atom. The van der Waals surface area contributed by atoms with Gasteiger partial charge in [0.25, 0.3) is 0 Å². The summed E-state index contributed by atoms with van der Waals surface area (Å²) < 4.78 is 0. The summed E-state index contributed by atoms with van der Waals surface area (Å²) in [5, 5.41) is 0.644.